The normalized spacial score (nSPS) is 23.9. The first-order chi connectivity index (χ1) is 9.50. The van der Waals surface area contributed by atoms with Crippen LogP contribution in [0.2, 0.25) is 0 Å². The van der Waals surface area contributed by atoms with E-state index in [0.717, 1.165) is 4.90 Å². The van der Waals surface area contributed by atoms with Gasteiger partial charge in [-0.15, -0.1) is 0 Å². The summed E-state index contributed by atoms with van der Waals surface area (Å²) in [5, 5.41) is 2.10. The third-order valence-electron chi connectivity index (χ3n) is 3.42. The maximum Gasteiger partial charge on any atom is 0.330 e. The van der Waals surface area contributed by atoms with Crippen LogP contribution in [0.4, 0.5) is 4.79 Å². The lowest BCUT2D eigenvalue weighted by Crippen LogP contribution is -2.57. The van der Waals surface area contributed by atoms with Gasteiger partial charge < -0.3 is 9.64 Å². The van der Waals surface area contributed by atoms with Gasteiger partial charge in [0.05, 0.1) is 13.2 Å². The van der Waals surface area contributed by atoms with E-state index in [1.165, 1.54) is 6.92 Å². The fourth-order valence-corrected chi connectivity index (χ4v) is 2.12. The van der Waals surface area contributed by atoms with Crippen molar-refractivity contribution in [2.45, 2.75) is 13.3 Å². The Kier molecular flexibility index (Phi) is 4.33. The van der Waals surface area contributed by atoms with E-state index in [9.17, 15) is 19.2 Å². The average Bonchev–Trinajstić information content (AvgIpc) is 2.45. The molecule has 0 saturated carbocycles. The zero-order valence-electron chi connectivity index (χ0n) is 11.3. The number of morpholine rings is 1. The molecule has 0 spiro atoms. The van der Waals surface area contributed by atoms with Crippen LogP contribution in [0.15, 0.2) is 0 Å². The second kappa shape index (κ2) is 6.00. The summed E-state index contributed by atoms with van der Waals surface area (Å²) in [6, 6.07) is -0.757. The number of carbonyl (C=O) groups excluding carboxylic acids is 4. The lowest BCUT2D eigenvalue weighted by atomic mass is 10.1. The number of nitrogens with zero attached hydrogens (tertiary/aromatic N) is 2. The van der Waals surface area contributed by atoms with Gasteiger partial charge in [0.1, 0.15) is 5.92 Å². The van der Waals surface area contributed by atoms with Crippen LogP contribution in [0.25, 0.3) is 0 Å². The van der Waals surface area contributed by atoms with Crippen LogP contribution in [0, 0.1) is 5.92 Å². The molecule has 5 amide bonds. The number of urea groups is 1. The quantitative estimate of drug-likeness (QED) is 0.667. The minimum Gasteiger partial charge on any atom is -0.378 e. The molecule has 2 saturated heterocycles. The Morgan fingerprint density at radius 2 is 1.95 bits per heavy atom. The summed E-state index contributed by atoms with van der Waals surface area (Å²) in [4.78, 5) is 49.2. The van der Waals surface area contributed by atoms with Gasteiger partial charge in [0, 0.05) is 26.1 Å². The first kappa shape index (κ1) is 14.4. The molecular weight excluding hydrogens is 266 g/mol. The molecule has 8 heteroatoms. The van der Waals surface area contributed by atoms with Gasteiger partial charge in [0.2, 0.25) is 17.7 Å². The highest BCUT2D eigenvalue weighted by molar-refractivity contribution is 6.15. The van der Waals surface area contributed by atoms with Crippen molar-refractivity contribution in [1.82, 2.24) is 15.1 Å². The van der Waals surface area contributed by atoms with Crippen LogP contribution in [0.3, 0.4) is 0 Å². The van der Waals surface area contributed by atoms with E-state index in [0.29, 0.717) is 26.3 Å². The molecule has 20 heavy (non-hydrogen) atoms. The molecule has 2 aliphatic heterocycles. The van der Waals surface area contributed by atoms with Gasteiger partial charge >= 0.3 is 6.03 Å². The number of hydrogen-bond acceptors (Lipinski definition) is 5. The number of nitrogens with one attached hydrogen (secondary N) is 1. The van der Waals surface area contributed by atoms with Gasteiger partial charge in [-0.25, -0.2) is 4.79 Å². The molecule has 2 rings (SSSR count). The zero-order valence-corrected chi connectivity index (χ0v) is 11.3. The maximum atomic E-state index is 11.9. The fraction of sp³-hybridized carbons (Fsp3) is 0.667. The molecule has 0 bridgehead atoms. The van der Waals surface area contributed by atoms with E-state index >= 15 is 0 Å². The molecule has 0 aliphatic carbocycles. The molecule has 1 unspecified atom stereocenters. The standard InChI is InChI=1S/C12H17N3O5/c1-8-10(17)13-12(19)15(11(8)18)3-2-9(16)14-4-6-20-7-5-14/h8H,2-7H2,1H3,(H,13,17,19). The number of carbonyl (C=O) groups is 4. The topological polar surface area (TPSA) is 96.0 Å². The second-order valence-corrected chi connectivity index (χ2v) is 4.75. The van der Waals surface area contributed by atoms with Crippen molar-refractivity contribution in [3.8, 4) is 0 Å². The molecule has 2 heterocycles. The Balaban J connectivity index is 1.89. The molecule has 1 N–H and O–H groups in total. The predicted molar refractivity (Wildman–Crippen MR) is 66.4 cm³/mol. The highest BCUT2D eigenvalue weighted by Gasteiger charge is 2.37. The molecule has 8 nitrogen and oxygen atoms in total. The van der Waals surface area contributed by atoms with E-state index in [1.54, 1.807) is 4.90 Å². The van der Waals surface area contributed by atoms with Crippen LogP contribution in [0.5, 0.6) is 0 Å². The summed E-state index contributed by atoms with van der Waals surface area (Å²) in [7, 11) is 0. The number of imide groups is 2. The monoisotopic (exact) mass is 283 g/mol. The van der Waals surface area contributed by atoms with Crippen molar-refractivity contribution in [3.63, 3.8) is 0 Å². The summed E-state index contributed by atoms with van der Waals surface area (Å²) >= 11 is 0. The average molecular weight is 283 g/mol. The van der Waals surface area contributed by atoms with Crippen LogP contribution >= 0.6 is 0 Å². The van der Waals surface area contributed by atoms with Crippen LogP contribution in [0.1, 0.15) is 13.3 Å². The highest BCUT2D eigenvalue weighted by atomic mass is 16.5. The highest BCUT2D eigenvalue weighted by Crippen LogP contribution is 2.11. The summed E-state index contributed by atoms with van der Waals surface area (Å²) in [6.45, 7) is 3.46. The third-order valence-corrected chi connectivity index (χ3v) is 3.42. The molecule has 1 atom stereocenters. The number of ether oxygens (including phenoxy) is 1. The SMILES string of the molecule is CC1C(=O)NC(=O)N(CCC(=O)N2CCOCC2)C1=O. The van der Waals surface area contributed by atoms with Gasteiger partial charge in [0.25, 0.3) is 0 Å². The number of hydrogen-bond donors (Lipinski definition) is 1. The molecular formula is C12H17N3O5. The summed E-state index contributed by atoms with van der Waals surface area (Å²) in [5.74, 6) is -2.19. The molecule has 0 aromatic rings. The van der Waals surface area contributed by atoms with E-state index < -0.39 is 23.8 Å². The Bertz CT molecular complexity index is 444. The molecule has 0 aromatic carbocycles. The van der Waals surface area contributed by atoms with Gasteiger partial charge in [-0.2, -0.15) is 0 Å². The lowest BCUT2D eigenvalue weighted by Gasteiger charge is -2.30. The first-order valence-electron chi connectivity index (χ1n) is 6.52. The Hall–Kier alpha value is -1.96. The van der Waals surface area contributed by atoms with E-state index in [2.05, 4.69) is 5.32 Å². The second-order valence-electron chi connectivity index (χ2n) is 4.75. The van der Waals surface area contributed by atoms with Crippen molar-refractivity contribution in [2.24, 2.45) is 5.92 Å². The number of amides is 5. The minimum absolute atomic E-state index is 0.0154. The van der Waals surface area contributed by atoms with E-state index in [4.69, 9.17) is 4.74 Å². The van der Waals surface area contributed by atoms with Crippen LogP contribution < -0.4 is 5.32 Å². The van der Waals surface area contributed by atoms with Gasteiger partial charge in [-0.3, -0.25) is 24.6 Å². The predicted octanol–water partition coefficient (Wildman–Crippen LogP) is -1.05. The smallest absolute Gasteiger partial charge is 0.330 e. The molecule has 2 fully saturated rings. The molecule has 110 valence electrons. The Labute approximate surface area is 116 Å². The van der Waals surface area contributed by atoms with Crippen molar-refractivity contribution in [1.29, 1.82) is 0 Å². The summed E-state index contributed by atoms with van der Waals surface area (Å²) < 4.78 is 5.14. The summed E-state index contributed by atoms with van der Waals surface area (Å²) in [6.07, 6.45) is 0.0556. The van der Waals surface area contributed by atoms with Gasteiger partial charge in [0.15, 0.2) is 0 Å². The lowest BCUT2D eigenvalue weighted by molar-refractivity contribution is -0.142. The molecule has 0 aromatic heterocycles. The minimum atomic E-state index is -0.897. The largest absolute Gasteiger partial charge is 0.378 e. The summed E-state index contributed by atoms with van der Waals surface area (Å²) in [5.41, 5.74) is 0. The van der Waals surface area contributed by atoms with Crippen LogP contribution in [-0.4, -0.2) is 66.4 Å². The number of barbiturate groups is 1. The van der Waals surface area contributed by atoms with Gasteiger partial charge in [-0.1, -0.05) is 0 Å². The van der Waals surface area contributed by atoms with Gasteiger partial charge in [-0.05, 0) is 6.92 Å². The number of rotatable bonds is 3. The van der Waals surface area contributed by atoms with Crippen molar-refractivity contribution in [3.05, 3.63) is 0 Å². The van der Waals surface area contributed by atoms with Crippen molar-refractivity contribution >= 4 is 23.8 Å². The van der Waals surface area contributed by atoms with Crippen molar-refractivity contribution in [2.75, 3.05) is 32.8 Å². The Morgan fingerprint density at radius 3 is 2.60 bits per heavy atom. The maximum absolute atomic E-state index is 11.9. The zero-order chi connectivity index (χ0) is 14.7. The first-order valence-corrected chi connectivity index (χ1v) is 6.52. The van der Waals surface area contributed by atoms with Crippen molar-refractivity contribution < 1.29 is 23.9 Å². The molecule has 0 radical (unpaired) electrons. The Morgan fingerprint density at radius 1 is 1.30 bits per heavy atom. The molecule has 2 aliphatic rings. The third kappa shape index (κ3) is 2.96. The van der Waals surface area contributed by atoms with E-state index in [-0.39, 0.29) is 18.9 Å². The fourth-order valence-electron chi connectivity index (χ4n) is 2.12. The van der Waals surface area contributed by atoms with E-state index in [1.807, 2.05) is 0 Å². The van der Waals surface area contributed by atoms with Crippen LogP contribution in [-0.2, 0) is 19.1 Å².